The van der Waals surface area contributed by atoms with E-state index >= 15 is 0 Å². The third-order valence-corrected chi connectivity index (χ3v) is 12.2. The van der Waals surface area contributed by atoms with E-state index in [4.69, 9.17) is 52.5 Å². The largest absolute Gasteiger partial charge is 0.508 e. The van der Waals surface area contributed by atoms with Crippen LogP contribution in [0.15, 0.2) is 91.0 Å². The summed E-state index contributed by atoms with van der Waals surface area (Å²) < 4.78 is 59.5. The highest BCUT2D eigenvalue weighted by Crippen LogP contribution is 2.17. The lowest BCUT2D eigenvalue weighted by Gasteiger charge is -2.21. The maximum atomic E-state index is 9.82. The number of unbranched alkanes of at least 4 members (excludes halogenated alkanes) is 3. The van der Waals surface area contributed by atoms with Gasteiger partial charge < -0.3 is 62.3 Å². The van der Waals surface area contributed by atoms with E-state index in [1.54, 1.807) is 31.4 Å². The molecular formula is C67H126O13. The zero-order valence-electron chi connectivity index (χ0n) is 48.3. The van der Waals surface area contributed by atoms with E-state index in [2.05, 4.69) is 53.2 Å². The van der Waals surface area contributed by atoms with Gasteiger partial charge in [-0.05, 0) is 87.3 Å². The van der Waals surface area contributed by atoms with E-state index in [1.807, 2.05) is 73.7 Å². The molecule has 3 aromatic rings. The summed E-state index contributed by atoms with van der Waals surface area (Å²) in [6, 6.07) is 28.0. The fourth-order valence-corrected chi connectivity index (χ4v) is 6.68. The van der Waals surface area contributed by atoms with Crippen LogP contribution in [-0.2, 0) is 42.6 Å². The van der Waals surface area contributed by atoms with Crippen molar-refractivity contribution in [2.24, 2.45) is 17.8 Å². The maximum absolute atomic E-state index is 9.82. The average Bonchev–Trinajstić information content (AvgIpc) is 4.26. The summed E-state index contributed by atoms with van der Waals surface area (Å²) in [5, 5.41) is 18.5. The van der Waals surface area contributed by atoms with Gasteiger partial charge in [-0.3, -0.25) is 0 Å². The van der Waals surface area contributed by atoms with E-state index < -0.39 is 6.10 Å². The van der Waals surface area contributed by atoms with Crippen LogP contribution in [0.25, 0.3) is 0 Å². The van der Waals surface area contributed by atoms with Gasteiger partial charge >= 0.3 is 0 Å². The van der Waals surface area contributed by atoms with Crippen LogP contribution in [0.1, 0.15) is 170 Å². The van der Waals surface area contributed by atoms with Gasteiger partial charge in [-0.1, -0.05) is 191 Å². The quantitative estimate of drug-likeness (QED) is 0.0416. The molecule has 0 aliphatic carbocycles. The van der Waals surface area contributed by atoms with E-state index in [-0.39, 0.29) is 55.9 Å². The Balaban J connectivity index is -0.000000313. The first-order chi connectivity index (χ1) is 36.6. The number of methoxy groups -OCH3 is 1. The van der Waals surface area contributed by atoms with Crippen LogP contribution in [0.4, 0.5) is 0 Å². The number of ether oxygens (including phenoxy) is 11. The van der Waals surface area contributed by atoms with Gasteiger partial charge in [0, 0.05) is 26.9 Å². The molecule has 6 rings (SSSR count). The summed E-state index contributed by atoms with van der Waals surface area (Å²) in [6.07, 6.45) is 15.3. The minimum Gasteiger partial charge on any atom is -0.508 e. The van der Waals surface area contributed by atoms with Gasteiger partial charge in [0.05, 0.1) is 78.3 Å². The zero-order chi connectivity index (χ0) is 54.8. The average molecular weight is 1140 g/mol. The minimum atomic E-state index is -0.570. The molecule has 8 atom stereocenters. The van der Waals surface area contributed by atoms with E-state index in [0.29, 0.717) is 69.4 Å². The van der Waals surface area contributed by atoms with Crippen LogP contribution in [0.2, 0.25) is 0 Å². The maximum Gasteiger partial charge on any atom is 0.119 e. The lowest BCUT2D eigenvalue weighted by Crippen LogP contribution is -2.30. The molecule has 0 bridgehead atoms. The standard InChI is InChI=1S/C23H40O5.C17H28O3.C11H22O2.C6H6O.C3H6O.C2H4O.5CH4/c1-5-7-11-21(6-2)17-26-18-23(19-28-22-12-9-8-10-13-22)27-15-14-25-16-20(3)24-4;1-3-5-9-15(4-2)12-19-13-16(18)14-20-17-10-7-6-8-11-17;1-3-5-6-10(4-2)7-12-8-11-9-13-11;7-6-4-2-1-3-5-6;1-3-2-4-3;1-2-3-1;;;;;/h8-10,12-13,20-21,23H,5-7,11,14-19H2,1-4H3;6-8,10-11,15-16,18H,3-5,9,12-14H2,1-2H3;10-11H,3-9H2,1-2H3;1-5,7H;3H,2H2,1H3;1-2H2;5*1H4. The number of rotatable bonds is 37. The number of epoxide rings is 3. The lowest BCUT2D eigenvalue weighted by atomic mass is 10.0. The Hall–Kier alpha value is -3.34. The third kappa shape index (κ3) is 57.9. The first-order valence-corrected chi connectivity index (χ1v) is 28.6. The van der Waals surface area contributed by atoms with Crippen LogP contribution in [0.3, 0.4) is 0 Å². The third-order valence-electron chi connectivity index (χ3n) is 12.2. The number of phenolic OH excluding ortho intramolecular Hbond substituents is 1. The summed E-state index contributed by atoms with van der Waals surface area (Å²) in [5.41, 5.74) is 0. The smallest absolute Gasteiger partial charge is 0.119 e. The van der Waals surface area contributed by atoms with Crippen LogP contribution < -0.4 is 9.47 Å². The van der Waals surface area contributed by atoms with Crippen molar-refractivity contribution in [1.82, 2.24) is 0 Å². The van der Waals surface area contributed by atoms with Crippen molar-refractivity contribution in [2.75, 3.05) is 106 Å². The van der Waals surface area contributed by atoms with Crippen LogP contribution in [0.5, 0.6) is 17.2 Å². The van der Waals surface area contributed by atoms with Crippen molar-refractivity contribution in [1.29, 1.82) is 0 Å². The van der Waals surface area contributed by atoms with Gasteiger partial charge in [-0.2, -0.15) is 0 Å². The zero-order valence-corrected chi connectivity index (χ0v) is 48.3. The molecule has 8 unspecified atom stereocenters. The fourth-order valence-electron chi connectivity index (χ4n) is 6.68. The molecule has 0 aromatic heterocycles. The number of hydrogen-bond donors (Lipinski definition) is 2. The number of para-hydroxylation sites is 3. The number of hydrogen-bond acceptors (Lipinski definition) is 13. The monoisotopic (exact) mass is 1140 g/mol. The molecule has 3 aliphatic heterocycles. The highest BCUT2D eigenvalue weighted by molar-refractivity contribution is 5.21. The van der Waals surface area contributed by atoms with Crippen molar-refractivity contribution in [3.63, 3.8) is 0 Å². The Kier molecular flexibility index (Phi) is 65.9. The molecule has 0 radical (unpaired) electrons. The summed E-state index contributed by atoms with van der Waals surface area (Å²) in [7, 11) is 1.68. The molecule has 0 spiro atoms. The molecule has 0 amide bonds. The molecule has 3 saturated heterocycles. The molecular weight excluding hydrogens is 1010 g/mol. The number of aromatic hydroxyl groups is 1. The van der Waals surface area contributed by atoms with E-state index in [1.165, 1.54) is 64.2 Å². The van der Waals surface area contributed by atoms with Crippen LogP contribution >= 0.6 is 0 Å². The van der Waals surface area contributed by atoms with Crippen LogP contribution in [-0.4, -0.2) is 147 Å². The molecule has 13 nitrogen and oxygen atoms in total. The fraction of sp³-hybridized carbons (Fsp3) is 0.731. The van der Waals surface area contributed by atoms with Gasteiger partial charge in [0.2, 0.25) is 0 Å². The van der Waals surface area contributed by atoms with E-state index in [0.717, 1.165) is 83.1 Å². The minimum absolute atomic E-state index is 0. The van der Waals surface area contributed by atoms with Crippen molar-refractivity contribution in [3.8, 4) is 17.2 Å². The molecule has 2 N–H and O–H groups in total. The molecule has 472 valence electrons. The highest BCUT2D eigenvalue weighted by atomic mass is 16.6. The van der Waals surface area contributed by atoms with E-state index in [9.17, 15) is 5.11 Å². The van der Waals surface area contributed by atoms with Gasteiger partial charge in [-0.15, -0.1) is 0 Å². The number of aliphatic hydroxyl groups excluding tert-OH is 1. The van der Waals surface area contributed by atoms with Crippen LogP contribution in [0, 0.1) is 17.8 Å². The lowest BCUT2D eigenvalue weighted by molar-refractivity contribution is -0.0671. The van der Waals surface area contributed by atoms with Gasteiger partial charge in [-0.25, -0.2) is 0 Å². The number of aliphatic hydroxyl groups is 1. The van der Waals surface area contributed by atoms with Crippen molar-refractivity contribution in [3.05, 3.63) is 91.0 Å². The number of benzene rings is 3. The molecule has 3 fully saturated rings. The molecule has 80 heavy (non-hydrogen) atoms. The first-order valence-electron chi connectivity index (χ1n) is 28.6. The summed E-state index contributed by atoms with van der Waals surface area (Å²) >= 11 is 0. The number of phenols is 1. The predicted octanol–water partition coefficient (Wildman–Crippen LogP) is 16.0. The normalized spacial score (nSPS) is 16.0. The Bertz CT molecular complexity index is 1580. The molecule has 13 heteroatoms. The molecule has 0 saturated carbocycles. The van der Waals surface area contributed by atoms with Crippen molar-refractivity contribution < 1.29 is 62.3 Å². The second-order valence-corrected chi connectivity index (χ2v) is 19.4. The van der Waals surface area contributed by atoms with Gasteiger partial charge in [0.15, 0.2) is 0 Å². The summed E-state index contributed by atoms with van der Waals surface area (Å²) in [6.45, 7) is 27.7. The highest BCUT2D eigenvalue weighted by Gasteiger charge is 2.23. The topological polar surface area (TPSA) is 152 Å². The summed E-state index contributed by atoms with van der Waals surface area (Å²) in [4.78, 5) is 0. The second kappa shape index (κ2) is 61.7. The predicted molar refractivity (Wildman–Crippen MR) is 337 cm³/mol. The van der Waals surface area contributed by atoms with Gasteiger partial charge in [0.1, 0.15) is 48.8 Å². The summed E-state index contributed by atoms with van der Waals surface area (Å²) in [5.74, 6) is 3.93. The Labute approximate surface area is 492 Å². The van der Waals surface area contributed by atoms with Crippen molar-refractivity contribution >= 4 is 0 Å². The Morgan fingerprint density at radius 2 is 0.938 bits per heavy atom. The van der Waals surface area contributed by atoms with Gasteiger partial charge in [0.25, 0.3) is 0 Å². The molecule has 3 heterocycles. The second-order valence-electron chi connectivity index (χ2n) is 19.4. The first kappa shape index (κ1) is 85.5. The Morgan fingerprint density at radius 1 is 0.525 bits per heavy atom. The molecule has 3 aliphatic rings. The SMILES string of the molecule is C.C.C.C.C.C1CO1.CC1CO1.CCCCC(CC)COCC(COc1ccccc1)OCCOCC(C)OC.CCCCC(CC)COCC(O)COc1ccccc1.CCCCC(CC)COCC1CO1.Oc1ccccc1. The van der Waals surface area contributed by atoms with Crippen molar-refractivity contribution in [2.45, 2.75) is 200 Å². The molecule has 3 aromatic carbocycles. The Morgan fingerprint density at radius 3 is 1.30 bits per heavy atom.